The van der Waals surface area contributed by atoms with E-state index in [0.29, 0.717) is 12.6 Å². The van der Waals surface area contributed by atoms with Gasteiger partial charge in [0.1, 0.15) is 5.75 Å². The van der Waals surface area contributed by atoms with E-state index in [1.165, 1.54) is 6.42 Å². The van der Waals surface area contributed by atoms with Crippen molar-refractivity contribution in [1.82, 2.24) is 15.5 Å². The van der Waals surface area contributed by atoms with Gasteiger partial charge in [-0.2, -0.15) is 0 Å². The van der Waals surface area contributed by atoms with Gasteiger partial charge in [-0.05, 0) is 69.8 Å². The van der Waals surface area contributed by atoms with Crippen molar-refractivity contribution in [3.8, 4) is 5.75 Å². The van der Waals surface area contributed by atoms with Gasteiger partial charge in [0.05, 0.1) is 20.3 Å². The minimum atomic E-state index is 0. The maximum Gasteiger partial charge on any atom is 0.191 e. The standard InChI is InChI=1S/C23H40N4O3.HI/c1-3-30-17-7-14-25-23(26-18-20-9-11-22(29-2)12-10-20)24-13-4-5-15-27-16-6-8-21(27)19-28;/h9-12,21,28H,3-8,13-19H2,1-2H3,(H2,24,25,26);1H. The van der Waals surface area contributed by atoms with E-state index in [1.54, 1.807) is 7.11 Å². The van der Waals surface area contributed by atoms with E-state index in [2.05, 4.69) is 15.5 Å². The highest BCUT2D eigenvalue weighted by atomic mass is 127. The summed E-state index contributed by atoms with van der Waals surface area (Å²) >= 11 is 0. The fraction of sp³-hybridized carbons (Fsp3) is 0.696. The van der Waals surface area contributed by atoms with E-state index in [9.17, 15) is 5.11 Å². The molecule has 2 rings (SSSR count). The van der Waals surface area contributed by atoms with E-state index < -0.39 is 0 Å². The Hall–Kier alpha value is -1.10. The first kappa shape index (κ1) is 27.9. The van der Waals surface area contributed by atoms with Gasteiger partial charge in [0.2, 0.25) is 0 Å². The molecule has 0 aliphatic carbocycles. The Balaban J connectivity index is 0.00000480. The van der Waals surface area contributed by atoms with Crippen molar-refractivity contribution in [2.75, 3.05) is 53.1 Å². The predicted molar refractivity (Wildman–Crippen MR) is 138 cm³/mol. The fourth-order valence-electron chi connectivity index (χ4n) is 3.64. The molecule has 31 heavy (non-hydrogen) atoms. The Morgan fingerprint density at radius 2 is 1.90 bits per heavy atom. The molecule has 0 aromatic heterocycles. The lowest BCUT2D eigenvalue weighted by atomic mass is 10.2. The Bertz CT molecular complexity index is 601. The number of nitrogens with zero attached hydrogens (tertiary/aromatic N) is 2. The van der Waals surface area contributed by atoms with Crippen LogP contribution in [0, 0.1) is 0 Å². The summed E-state index contributed by atoms with van der Waals surface area (Å²) in [4.78, 5) is 7.16. The van der Waals surface area contributed by atoms with Crippen molar-refractivity contribution in [2.24, 2.45) is 4.99 Å². The van der Waals surface area contributed by atoms with E-state index in [0.717, 1.165) is 82.3 Å². The zero-order valence-electron chi connectivity index (χ0n) is 19.1. The maximum atomic E-state index is 9.44. The first-order chi connectivity index (χ1) is 14.8. The van der Waals surface area contributed by atoms with Gasteiger partial charge in [0, 0.05) is 32.3 Å². The number of aliphatic hydroxyl groups is 1. The van der Waals surface area contributed by atoms with E-state index in [4.69, 9.17) is 14.5 Å². The van der Waals surface area contributed by atoms with Crippen LogP contribution in [0.5, 0.6) is 5.75 Å². The van der Waals surface area contributed by atoms with Gasteiger partial charge in [-0.15, -0.1) is 24.0 Å². The molecule has 1 heterocycles. The number of unbranched alkanes of at least 4 members (excludes halogenated alkanes) is 1. The summed E-state index contributed by atoms with van der Waals surface area (Å²) in [5.74, 6) is 1.70. The number of hydrogen-bond acceptors (Lipinski definition) is 5. The lowest BCUT2D eigenvalue weighted by Gasteiger charge is -2.22. The van der Waals surface area contributed by atoms with Gasteiger partial charge < -0.3 is 25.2 Å². The molecule has 0 bridgehead atoms. The van der Waals surface area contributed by atoms with Crippen LogP contribution in [0.15, 0.2) is 29.3 Å². The number of guanidine groups is 1. The first-order valence-corrected chi connectivity index (χ1v) is 11.3. The van der Waals surface area contributed by atoms with Crippen LogP contribution in [0.3, 0.4) is 0 Å². The molecule has 1 saturated heterocycles. The maximum absolute atomic E-state index is 9.44. The van der Waals surface area contributed by atoms with Crippen LogP contribution in [0.2, 0.25) is 0 Å². The molecule has 0 saturated carbocycles. The number of aliphatic imine (C=N–C) groups is 1. The number of likely N-dealkylation sites (tertiary alicyclic amines) is 1. The minimum absolute atomic E-state index is 0. The minimum Gasteiger partial charge on any atom is -0.497 e. The summed E-state index contributed by atoms with van der Waals surface area (Å²) in [7, 11) is 1.68. The Kier molecular flexibility index (Phi) is 15.7. The number of aliphatic hydroxyl groups excluding tert-OH is 1. The van der Waals surface area contributed by atoms with Gasteiger partial charge in [0.15, 0.2) is 5.96 Å². The van der Waals surface area contributed by atoms with Gasteiger partial charge in [-0.3, -0.25) is 4.90 Å². The third-order valence-electron chi connectivity index (χ3n) is 5.42. The van der Waals surface area contributed by atoms with Crippen LogP contribution in [0.4, 0.5) is 0 Å². The largest absolute Gasteiger partial charge is 0.497 e. The predicted octanol–water partition coefficient (Wildman–Crippen LogP) is 3.01. The monoisotopic (exact) mass is 548 g/mol. The molecule has 0 spiro atoms. The average molecular weight is 549 g/mol. The van der Waals surface area contributed by atoms with Gasteiger partial charge in [0.25, 0.3) is 0 Å². The number of methoxy groups -OCH3 is 1. The first-order valence-electron chi connectivity index (χ1n) is 11.3. The topological polar surface area (TPSA) is 78.3 Å². The third kappa shape index (κ3) is 11.4. The molecule has 1 aromatic rings. The molecule has 1 atom stereocenters. The van der Waals surface area contributed by atoms with Gasteiger partial charge in [-0.1, -0.05) is 12.1 Å². The number of nitrogens with one attached hydrogen (secondary N) is 2. The molecule has 1 aliphatic rings. The number of hydrogen-bond donors (Lipinski definition) is 3. The molecule has 1 aromatic carbocycles. The lowest BCUT2D eigenvalue weighted by Crippen LogP contribution is -2.39. The zero-order valence-corrected chi connectivity index (χ0v) is 21.5. The van der Waals surface area contributed by atoms with Crippen molar-refractivity contribution in [3.05, 3.63) is 29.8 Å². The molecule has 178 valence electrons. The third-order valence-corrected chi connectivity index (χ3v) is 5.42. The van der Waals surface area contributed by atoms with Crippen molar-refractivity contribution >= 4 is 29.9 Å². The van der Waals surface area contributed by atoms with Crippen LogP contribution < -0.4 is 15.4 Å². The second-order valence-corrected chi connectivity index (χ2v) is 7.64. The Morgan fingerprint density at radius 3 is 2.58 bits per heavy atom. The van der Waals surface area contributed by atoms with Crippen molar-refractivity contribution in [3.63, 3.8) is 0 Å². The molecular weight excluding hydrogens is 507 g/mol. The van der Waals surface area contributed by atoms with Crippen molar-refractivity contribution in [1.29, 1.82) is 0 Å². The second-order valence-electron chi connectivity index (χ2n) is 7.64. The van der Waals surface area contributed by atoms with Crippen LogP contribution in [0.1, 0.15) is 44.6 Å². The summed E-state index contributed by atoms with van der Waals surface area (Å²) < 4.78 is 10.6. The summed E-state index contributed by atoms with van der Waals surface area (Å²) in [5, 5.41) is 16.3. The quantitative estimate of drug-likeness (QED) is 0.144. The van der Waals surface area contributed by atoms with E-state index in [1.807, 2.05) is 31.2 Å². The summed E-state index contributed by atoms with van der Waals surface area (Å²) in [6.07, 6.45) is 5.49. The van der Waals surface area contributed by atoms with Crippen molar-refractivity contribution < 1.29 is 14.6 Å². The van der Waals surface area contributed by atoms with Crippen molar-refractivity contribution in [2.45, 2.75) is 51.6 Å². The van der Waals surface area contributed by atoms with E-state index >= 15 is 0 Å². The van der Waals surface area contributed by atoms with Crippen LogP contribution in [-0.2, 0) is 11.3 Å². The lowest BCUT2D eigenvalue weighted by molar-refractivity contribution is 0.145. The summed E-state index contributed by atoms with van der Waals surface area (Å²) in [6.45, 7) is 8.34. The second kappa shape index (κ2) is 17.5. The molecule has 3 N–H and O–H groups in total. The molecule has 0 amide bonds. The smallest absolute Gasteiger partial charge is 0.191 e. The highest BCUT2D eigenvalue weighted by Gasteiger charge is 2.22. The SMILES string of the molecule is CCOCCCNC(=NCc1ccc(OC)cc1)NCCCCN1CCCC1CO.I. The van der Waals surface area contributed by atoms with Crippen LogP contribution in [-0.4, -0.2) is 75.1 Å². The Morgan fingerprint density at radius 1 is 1.16 bits per heavy atom. The number of halogens is 1. The highest BCUT2D eigenvalue weighted by Crippen LogP contribution is 2.16. The number of benzene rings is 1. The van der Waals surface area contributed by atoms with Crippen LogP contribution >= 0.6 is 24.0 Å². The molecule has 1 fully saturated rings. The normalized spacial score (nSPS) is 16.7. The van der Waals surface area contributed by atoms with Gasteiger partial charge in [-0.25, -0.2) is 4.99 Å². The molecule has 8 heteroatoms. The molecule has 0 radical (unpaired) electrons. The average Bonchev–Trinajstić information content (AvgIpc) is 3.24. The molecule has 7 nitrogen and oxygen atoms in total. The highest BCUT2D eigenvalue weighted by molar-refractivity contribution is 14.0. The number of rotatable bonds is 14. The summed E-state index contributed by atoms with van der Waals surface area (Å²) in [6, 6.07) is 8.38. The Labute approximate surface area is 205 Å². The zero-order chi connectivity index (χ0) is 21.4. The van der Waals surface area contributed by atoms with Gasteiger partial charge >= 0.3 is 0 Å². The number of ether oxygens (including phenoxy) is 2. The molecule has 1 unspecified atom stereocenters. The summed E-state index contributed by atoms with van der Waals surface area (Å²) in [5.41, 5.74) is 1.15. The van der Waals surface area contributed by atoms with Crippen LogP contribution in [0.25, 0.3) is 0 Å². The van der Waals surface area contributed by atoms with E-state index in [-0.39, 0.29) is 30.6 Å². The fourth-order valence-corrected chi connectivity index (χ4v) is 3.64. The molecule has 1 aliphatic heterocycles. The molecular formula is C23H41IN4O3.